The van der Waals surface area contributed by atoms with E-state index in [1.54, 1.807) is 11.1 Å². The standard InChI is InChI=1S/C16H22O/c1-16(2,3)15-7-12-5-4-11(6-13(12)8-15)14-9-17-10-14/h4-6,14-15H,7-10H2,1-3H3. The predicted molar refractivity (Wildman–Crippen MR) is 70.4 cm³/mol. The highest BCUT2D eigenvalue weighted by molar-refractivity contribution is 5.38. The van der Waals surface area contributed by atoms with Crippen LogP contribution < -0.4 is 0 Å². The summed E-state index contributed by atoms with van der Waals surface area (Å²) in [5, 5.41) is 0. The fraction of sp³-hybridized carbons (Fsp3) is 0.625. The van der Waals surface area contributed by atoms with Gasteiger partial charge in [-0.25, -0.2) is 0 Å². The largest absolute Gasteiger partial charge is 0.380 e. The van der Waals surface area contributed by atoms with E-state index in [0.29, 0.717) is 11.3 Å². The lowest BCUT2D eigenvalue weighted by molar-refractivity contribution is 0.00839. The third kappa shape index (κ3) is 2.01. The molecule has 1 aliphatic carbocycles. The van der Waals surface area contributed by atoms with Gasteiger partial charge in [0.2, 0.25) is 0 Å². The number of rotatable bonds is 1. The fourth-order valence-electron chi connectivity index (χ4n) is 2.93. The Morgan fingerprint density at radius 3 is 2.35 bits per heavy atom. The molecule has 0 spiro atoms. The molecule has 17 heavy (non-hydrogen) atoms. The van der Waals surface area contributed by atoms with Gasteiger partial charge in [0.05, 0.1) is 13.2 Å². The van der Waals surface area contributed by atoms with E-state index in [9.17, 15) is 0 Å². The molecule has 1 aromatic carbocycles. The third-order valence-corrected chi connectivity index (χ3v) is 4.50. The van der Waals surface area contributed by atoms with E-state index >= 15 is 0 Å². The first-order valence-electron chi connectivity index (χ1n) is 6.73. The lowest BCUT2D eigenvalue weighted by Crippen LogP contribution is -2.25. The molecule has 0 radical (unpaired) electrons. The molecular weight excluding hydrogens is 208 g/mol. The van der Waals surface area contributed by atoms with E-state index < -0.39 is 0 Å². The van der Waals surface area contributed by atoms with Crippen molar-refractivity contribution in [2.24, 2.45) is 11.3 Å². The maximum atomic E-state index is 5.28. The van der Waals surface area contributed by atoms with Gasteiger partial charge in [-0.3, -0.25) is 0 Å². The van der Waals surface area contributed by atoms with Crippen LogP contribution in [0.3, 0.4) is 0 Å². The Balaban J connectivity index is 1.83. The number of benzene rings is 1. The summed E-state index contributed by atoms with van der Waals surface area (Å²) in [6.07, 6.45) is 2.53. The Kier molecular flexibility index (Phi) is 2.55. The van der Waals surface area contributed by atoms with Gasteiger partial charge in [-0.2, -0.15) is 0 Å². The maximum absolute atomic E-state index is 5.28. The molecule has 1 nitrogen and oxygen atoms in total. The van der Waals surface area contributed by atoms with Crippen molar-refractivity contribution in [3.05, 3.63) is 34.9 Å². The Labute approximate surface area is 104 Å². The van der Waals surface area contributed by atoms with Crippen molar-refractivity contribution in [3.63, 3.8) is 0 Å². The molecule has 1 fully saturated rings. The van der Waals surface area contributed by atoms with Gasteiger partial charge < -0.3 is 4.74 Å². The summed E-state index contributed by atoms with van der Waals surface area (Å²) < 4.78 is 5.28. The first kappa shape index (κ1) is 11.3. The second-order valence-corrected chi connectivity index (χ2v) is 6.73. The van der Waals surface area contributed by atoms with E-state index in [4.69, 9.17) is 4.74 Å². The molecule has 0 bridgehead atoms. The Bertz CT molecular complexity index is 424. The van der Waals surface area contributed by atoms with Gasteiger partial charge in [-0.1, -0.05) is 39.0 Å². The number of hydrogen-bond acceptors (Lipinski definition) is 1. The molecule has 1 saturated heterocycles. The van der Waals surface area contributed by atoms with Crippen molar-refractivity contribution in [3.8, 4) is 0 Å². The summed E-state index contributed by atoms with van der Waals surface area (Å²) >= 11 is 0. The van der Waals surface area contributed by atoms with Crippen molar-refractivity contribution >= 4 is 0 Å². The van der Waals surface area contributed by atoms with Crippen LogP contribution in [0.2, 0.25) is 0 Å². The minimum atomic E-state index is 0.429. The van der Waals surface area contributed by atoms with Gasteiger partial charge >= 0.3 is 0 Å². The summed E-state index contributed by atoms with van der Waals surface area (Å²) in [7, 11) is 0. The second-order valence-electron chi connectivity index (χ2n) is 6.73. The number of ether oxygens (including phenoxy) is 1. The topological polar surface area (TPSA) is 9.23 Å². The smallest absolute Gasteiger partial charge is 0.0557 e. The Morgan fingerprint density at radius 2 is 1.76 bits per heavy atom. The molecule has 1 aliphatic heterocycles. The minimum Gasteiger partial charge on any atom is -0.380 e. The van der Waals surface area contributed by atoms with Gasteiger partial charge in [0, 0.05) is 5.92 Å². The second kappa shape index (κ2) is 3.84. The van der Waals surface area contributed by atoms with E-state index in [-0.39, 0.29) is 0 Å². The SMILES string of the molecule is CC(C)(C)C1Cc2ccc(C3COC3)cc2C1. The molecule has 92 valence electrons. The molecule has 3 rings (SSSR count). The molecular formula is C16H22O. The molecule has 1 heterocycles. The molecule has 1 aromatic rings. The average Bonchev–Trinajstić information content (AvgIpc) is 2.57. The molecule has 0 saturated carbocycles. The predicted octanol–water partition coefficient (Wildman–Crippen LogP) is 3.56. The van der Waals surface area contributed by atoms with E-state index in [0.717, 1.165) is 19.1 Å². The van der Waals surface area contributed by atoms with Crippen molar-refractivity contribution in [1.29, 1.82) is 0 Å². The fourth-order valence-corrected chi connectivity index (χ4v) is 2.93. The van der Waals surface area contributed by atoms with Crippen LogP contribution in [-0.2, 0) is 17.6 Å². The molecule has 1 unspecified atom stereocenters. The lowest BCUT2D eigenvalue weighted by atomic mass is 9.79. The van der Waals surface area contributed by atoms with Gasteiger partial charge in [0.15, 0.2) is 0 Å². The zero-order valence-electron chi connectivity index (χ0n) is 11.1. The molecule has 0 aromatic heterocycles. The summed E-state index contributed by atoms with van der Waals surface area (Å²) in [5.74, 6) is 1.47. The summed E-state index contributed by atoms with van der Waals surface area (Å²) in [4.78, 5) is 0. The highest BCUT2D eigenvalue weighted by Crippen LogP contribution is 2.39. The quantitative estimate of drug-likeness (QED) is 0.716. The van der Waals surface area contributed by atoms with Crippen LogP contribution in [-0.4, -0.2) is 13.2 Å². The maximum Gasteiger partial charge on any atom is 0.0557 e. The van der Waals surface area contributed by atoms with Gasteiger partial charge in [-0.15, -0.1) is 0 Å². The zero-order valence-corrected chi connectivity index (χ0v) is 11.1. The van der Waals surface area contributed by atoms with Gasteiger partial charge in [0.25, 0.3) is 0 Å². The number of fused-ring (bicyclic) bond motifs is 1. The number of hydrogen-bond donors (Lipinski definition) is 0. The van der Waals surface area contributed by atoms with Gasteiger partial charge in [0.1, 0.15) is 0 Å². The van der Waals surface area contributed by atoms with Crippen LogP contribution in [0, 0.1) is 11.3 Å². The minimum absolute atomic E-state index is 0.429. The summed E-state index contributed by atoms with van der Waals surface area (Å²) in [6.45, 7) is 8.93. The molecule has 0 N–H and O–H groups in total. The first-order valence-corrected chi connectivity index (χ1v) is 6.73. The Hall–Kier alpha value is -0.820. The van der Waals surface area contributed by atoms with Crippen LogP contribution in [0.1, 0.15) is 43.4 Å². The molecule has 1 atom stereocenters. The zero-order chi connectivity index (χ0) is 12.0. The first-order chi connectivity index (χ1) is 8.04. The van der Waals surface area contributed by atoms with Gasteiger partial charge in [-0.05, 0) is 40.9 Å². The van der Waals surface area contributed by atoms with Crippen molar-refractivity contribution in [2.45, 2.75) is 39.5 Å². The molecule has 0 amide bonds. The third-order valence-electron chi connectivity index (χ3n) is 4.50. The normalized spacial score (nSPS) is 24.5. The lowest BCUT2D eigenvalue weighted by Gasteiger charge is -2.27. The van der Waals surface area contributed by atoms with Crippen molar-refractivity contribution in [2.75, 3.05) is 13.2 Å². The van der Waals surface area contributed by atoms with Crippen LogP contribution in [0.5, 0.6) is 0 Å². The van der Waals surface area contributed by atoms with Crippen LogP contribution in [0.4, 0.5) is 0 Å². The summed E-state index contributed by atoms with van der Waals surface area (Å²) in [5.41, 5.74) is 5.09. The highest BCUT2D eigenvalue weighted by Gasteiger charge is 2.31. The highest BCUT2D eigenvalue weighted by atomic mass is 16.5. The van der Waals surface area contributed by atoms with E-state index in [1.807, 2.05) is 0 Å². The van der Waals surface area contributed by atoms with Crippen molar-refractivity contribution < 1.29 is 4.74 Å². The van der Waals surface area contributed by atoms with E-state index in [2.05, 4.69) is 39.0 Å². The van der Waals surface area contributed by atoms with Crippen LogP contribution in [0.25, 0.3) is 0 Å². The monoisotopic (exact) mass is 230 g/mol. The molecule has 2 aliphatic rings. The van der Waals surface area contributed by atoms with Crippen molar-refractivity contribution in [1.82, 2.24) is 0 Å². The van der Waals surface area contributed by atoms with Crippen LogP contribution >= 0.6 is 0 Å². The Morgan fingerprint density at radius 1 is 1.06 bits per heavy atom. The average molecular weight is 230 g/mol. The van der Waals surface area contributed by atoms with Crippen LogP contribution in [0.15, 0.2) is 18.2 Å². The molecule has 1 heteroatoms. The summed E-state index contributed by atoms with van der Waals surface area (Å²) in [6, 6.07) is 7.11. The van der Waals surface area contributed by atoms with E-state index in [1.165, 1.54) is 18.4 Å².